The molecule has 1 unspecified atom stereocenters. The van der Waals surface area contributed by atoms with Crippen LogP contribution in [0.25, 0.3) is 0 Å². The van der Waals surface area contributed by atoms with Crippen molar-refractivity contribution in [2.75, 3.05) is 6.61 Å². The van der Waals surface area contributed by atoms with Gasteiger partial charge in [0, 0.05) is 5.92 Å². The number of fused-ring (bicyclic) bond motifs is 1. The van der Waals surface area contributed by atoms with Crippen LogP contribution >= 0.6 is 0 Å². The van der Waals surface area contributed by atoms with Gasteiger partial charge in [-0.15, -0.1) is 0 Å². The summed E-state index contributed by atoms with van der Waals surface area (Å²) < 4.78 is 4.85. The first-order valence-corrected chi connectivity index (χ1v) is 3.27. The van der Waals surface area contributed by atoms with Crippen molar-refractivity contribution in [3.05, 3.63) is 0 Å². The van der Waals surface area contributed by atoms with E-state index in [9.17, 15) is 0 Å². The molecule has 1 heterocycles. The summed E-state index contributed by atoms with van der Waals surface area (Å²) >= 11 is 0. The van der Waals surface area contributed by atoms with Crippen LogP contribution < -0.4 is 0 Å². The quantitative estimate of drug-likeness (QED) is 0.457. The highest BCUT2D eigenvalue weighted by Gasteiger charge is 2.50. The molecule has 0 aromatic heterocycles. The van der Waals surface area contributed by atoms with Crippen molar-refractivity contribution in [3.63, 3.8) is 0 Å². The fourth-order valence-electron chi connectivity index (χ4n) is 1.45. The second-order valence-corrected chi connectivity index (χ2v) is 2.85. The Morgan fingerprint density at radius 1 is 1.22 bits per heavy atom. The van der Waals surface area contributed by atoms with Crippen molar-refractivity contribution in [2.24, 2.45) is 11.8 Å². The molecule has 2 aliphatic rings. The number of hydrogen-bond acceptors (Lipinski definition) is 3. The summed E-state index contributed by atoms with van der Waals surface area (Å²) in [5.74, 6) is 0.558. The SMILES string of the molecule is OC1OC[C@@H](O)[C@@H]2C[C@H]12. The Morgan fingerprint density at radius 3 is 2.67 bits per heavy atom. The Hall–Kier alpha value is -0.120. The minimum atomic E-state index is -0.599. The number of rotatable bonds is 0. The normalized spacial score (nSPS) is 56.7. The van der Waals surface area contributed by atoms with Crippen LogP contribution in [0.15, 0.2) is 0 Å². The van der Waals surface area contributed by atoms with Crippen LogP contribution in [-0.4, -0.2) is 29.2 Å². The third kappa shape index (κ3) is 0.764. The van der Waals surface area contributed by atoms with E-state index in [0.29, 0.717) is 12.5 Å². The molecule has 0 radical (unpaired) electrons. The number of hydrogen-bond donors (Lipinski definition) is 2. The van der Waals surface area contributed by atoms with E-state index in [2.05, 4.69) is 0 Å². The molecular formula is C6H10O3. The lowest BCUT2D eigenvalue weighted by Crippen LogP contribution is -2.31. The second kappa shape index (κ2) is 1.68. The summed E-state index contributed by atoms with van der Waals surface area (Å²) in [6, 6.07) is 0. The molecule has 3 nitrogen and oxygen atoms in total. The van der Waals surface area contributed by atoms with Crippen molar-refractivity contribution in [1.29, 1.82) is 0 Å². The van der Waals surface area contributed by atoms with Gasteiger partial charge in [0.2, 0.25) is 0 Å². The maximum Gasteiger partial charge on any atom is 0.157 e. The lowest BCUT2D eigenvalue weighted by atomic mass is 10.1. The van der Waals surface area contributed by atoms with Gasteiger partial charge in [-0.25, -0.2) is 0 Å². The van der Waals surface area contributed by atoms with Gasteiger partial charge in [0.25, 0.3) is 0 Å². The lowest BCUT2D eigenvalue weighted by molar-refractivity contribution is -0.163. The summed E-state index contributed by atoms with van der Waals surface area (Å²) in [5, 5.41) is 18.1. The Labute approximate surface area is 53.3 Å². The summed E-state index contributed by atoms with van der Waals surface area (Å²) in [6.45, 7) is 0.308. The van der Waals surface area contributed by atoms with Gasteiger partial charge in [0.15, 0.2) is 6.29 Å². The highest BCUT2D eigenvalue weighted by molar-refractivity contribution is 4.95. The van der Waals surface area contributed by atoms with E-state index in [1.54, 1.807) is 0 Å². The van der Waals surface area contributed by atoms with Crippen molar-refractivity contribution in [3.8, 4) is 0 Å². The maximum atomic E-state index is 9.10. The zero-order chi connectivity index (χ0) is 6.43. The van der Waals surface area contributed by atoms with Crippen molar-refractivity contribution >= 4 is 0 Å². The molecule has 4 atom stereocenters. The molecule has 1 aliphatic heterocycles. The van der Waals surface area contributed by atoms with E-state index >= 15 is 0 Å². The van der Waals surface area contributed by atoms with E-state index in [4.69, 9.17) is 14.9 Å². The van der Waals surface area contributed by atoms with Crippen molar-refractivity contribution in [2.45, 2.75) is 18.8 Å². The Morgan fingerprint density at radius 2 is 2.00 bits per heavy atom. The minimum absolute atomic E-state index is 0.230. The zero-order valence-electron chi connectivity index (χ0n) is 5.03. The van der Waals surface area contributed by atoms with Gasteiger partial charge >= 0.3 is 0 Å². The average Bonchev–Trinajstić information content (AvgIpc) is 2.57. The van der Waals surface area contributed by atoms with E-state index in [1.807, 2.05) is 0 Å². The van der Waals surface area contributed by atoms with Gasteiger partial charge in [-0.3, -0.25) is 0 Å². The Bertz CT molecular complexity index is 111. The molecule has 52 valence electrons. The smallest absolute Gasteiger partial charge is 0.157 e. The molecule has 0 spiro atoms. The number of ether oxygens (including phenoxy) is 1. The lowest BCUT2D eigenvalue weighted by Gasteiger charge is -2.20. The summed E-state index contributed by atoms with van der Waals surface area (Å²) in [4.78, 5) is 0. The molecule has 0 aromatic carbocycles. The molecule has 0 aromatic rings. The predicted octanol–water partition coefficient (Wildman–Crippen LogP) is -0.668. The third-order valence-corrected chi connectivity index (χ3v) is 2.19. The molecule has 1 saturated heterocycles. The van der Waals surface area contributed by atoms with E-state index in [0.717, 1.165) is 6.42 Å². The van der Waals surface area contributed by atoms with E-state index in [-0.39, 0.29) is 12.0 Å². The Balaban J connectivity index is 2.01. The maximum absolute atomic E-state index is 9.10. The second-order valence-electron chi connectivity index (χ2n) is 2.85. The van der Waals surface area contributed by atoms with Crippen LogP contribution in [0, 0.1) is 11.8 Å². The van der Waals surface area contributed by atoms with Crippen molar-refractivity contribution < 1.29 is 14.9 Å². The monoisotopic (exact) mass is 130 g/mol. The third-order valence-electron chi connectivity index (χ3n) is 2.19. The average molecular weight is 130 g/mol. The van der Waals surface area contributed by atoms with Crippen LogP contribution in [0.1, 0.15) is 6.42 Å². The highest BCUT2D eigenvalue weighted by Crippen LogP contribution is 2.46. The highest BCUT2D eigenvalue weighted by atomic mass is 16.6. The van der Waals surface area contributed by atoms with Gasteiger partial charge in [-0.05, 0) is 12.3 Å². The molecule has 2 rings (SSSR count). The minimum Gasteiger partial charge on any atom is -0.390 e. The largest absolute Gasteiger partial charge is 0.390 e. The Kier molecular flexibility index (Phi) is 1.06. The van der Waals surface area contributed by atoms with E-state index in [1.165, 1.54) is 0 Å². The van der Waals surface area contributed by atoms with Crippen LogP contribution in [0.2, 0.25) is 0 Å². The van der Waals surface area contributed by atoms with Crippen LogP contribution in [0.5, 0.6) is 0 Å². The van der Waals surface area contributed by atoms with Crippen LogP contribution in [0.3, 0.4) is 0 Å². The first kappa shape index (κ1) is 5.65. The predicted molar refractivity (Wildman–Crippen MR) is 29.6 cm³/mol. The standard InChI is InChI=1S/C6H10O3/c7-5-2-9-6(8)4-1-3(4)5/h3-8H,1-2H2/t3-,4+,5-,6?/m1/s1. The van der Waals surface area contributed by atoms with Gasteiger partial charge < -0.3 is 14.9 Å². The van der Waals surface area contributed by atoms with Gasteiger partial charge in [0.05, 0.1) is 12.7 Å². The number of aliphatic hydroxyl groups is 2. The summed E-state index contributed by atoms with van der Waals surface area (Å²) in [5.41, 5.74) is 0. The molecular weight excluding hydrogens is 120 g/mol. The van der Waals surface area contributed by atoms with E-state index < -0.39 is 6.29 Å². The summed E-state index contributed by atoms with van der Waals surface area (Å²) in [6.07, 6.45) is 0.0132. The molecule has 1 saturated carbocycles. The number of aliphatic hydroxyl groups excluding tert-OH is 2. The molecule has 1 aliphatic carbocycles. The van der Waals surface area contributed by atoms with Gasteiger partial charge in [0.1, 0.15) is 0 Å². The fraction of sp³-hybridized carbons (Fsp3) is 1.00. The van der Waals surface area contributed by atoms with Crippen molar-refractivity contribution in [1.82, 2.24) is 0 Å². The van der Waals surface area contributed by atoms with Crippen LogP contribution in [-0.2, 0) is 4.74 Å². The van der Waals surface area contributed by atoms with Crippen LogP contribution in [0.4, 0.5) is 0 Å². The molecule has 3 heteroatoms. The molecule has 0 amide bonds. The van der Waals surface area contributed by atoms with Gasteiger partial charge in [-0.1, -0.05) is 0 Å². The first-order chi connectivity index (χ1) is 4.29. The molecule has 9 heavy (non-hydrogen) atoms. The fourth-order valence-corrected chi connectivity index (χ4v) is 1.45. The first-order valence-electron chi connectivity index (χ1n) is 3.27. The molecule has 2 fully saturated rings. The summed E-state index contributed by atoms with van der Waals surface area (Å²) in [7, 11) is 0. The molecule has 2 N–H and O–H groups in total. The van der Waals surface area contributed by atoms with Gasteiger partial charge in [-0.2, -0.15) is 0 Å². The molecule has 0 bridgehead atoms. The topological polar surface area (TPSA) is 49.7 Å². The zero-order valence-corrected chi connectivity index (χ0v) is 5.03.